The smallest absolute Gasteiger partial charge is 0.248 e. The monoisotopic (exact) mass is 825 g/mol. The van der Waals surface area contributed by atoms with Crippen molar-refractivity contribution in [3.05, 3.63) is 191 Å². The van der Waals surface area contributed by atoms with Crippen molar-refractivity contribution in [1.29, 1.82) is 0 Å². The third-order valence-electron chi connectivity index (χ3n) is 9.79. The molecule has 0 aliphatic carbocycles. The average Bonchev–Trinajstić information content (AvgIpc) is 4.02. The van der Waals surface area contributed by atoms with Gasteiger partial charge in [0.15, 0.2) is 11.6 Å². The average molecular weight is 825 g/mol. The van der Waals surface area contributed by atoms with E-state index in [0.717, 1.165) is 33.9 Å². The Morgan fingerprint density at radius 1 is 0.328 bits per heavy atom. The minimum atomic E-state index is 0.421. The fourth-order valence-electron chi connectivity index (χ4n) is 6.17. The Balaban J connectivity index is 0.000000132. The van der Waals surface area contributed by atoms with Crippen LogP contribution in [0, 0.1) is 41.5 Å². The summed E-state index contributed by atoms with van der Waals surface area (Å²) in [6.07, 6.45) is 0. The molecule has 0 atom stereocenters. The largest absolute Gasteiger partial charge is 0.416 e. The fourth-order valence-corrected chi connectivity index (χ4v) is 8.30. The molecule has 7 heteroatoms. The summed E-state index contributed by atoms with van der Waals surface area (Å²) in [7, 11) is 2.00. The molecule has 0 unspecified atom stereocenters. The van der Waals surface area contributed by atoms with Crippen molar-refractivity contribution < 1.29 is 4.42 Å². The van der Waals surface area contributed by atoms with Gasteiger partial charge in [0, 0.05) is 29.3 Å². The van der Waals surface area contributed by atoms with Crippen LogP contribution in [0.25, 0.3) is 65.7 Å². The van der Waals surface area contributed by atoms with Gasteiger partial charge in [-0.05, 0) is 52.0 Å². The number of aryl methyl sites for hydroxylation is 6. The second-order valence-corrected chi connectivity index (χ2v) is 17.0. The zero-order chi connectivity index (χ0) is 40.6. The minimum Gasteiger partial charge on any atom is -0.416 e. The normalized spacial score (nSPS) is 10.7. The minimum absolute atomic E-state index is 0.421. The SMILES string of the molecule is Cc1ccc(-c2ccc(-c3ccc(C)cc3)[se]2)cc1.Cc1ccc(-c2nnc(-c3ccc(C)cc3)n2C)cc1.Cc1ccc(-c2nnc(-c3ccc(C)cc3)o2)cc1. The maximum absolute atomic E-state index is 5.71. The van der Waals surface area contributed by atoms with Gasteiger partial charge in [-0.3, -0.25) is 0 Å². The van der Waals surface area contributed by atoms with Crippen LogP contribution in [-0.4, -0.2) is 39.5 Å². The predicted octanol–water partition coefficient (Wildman–Crippen LogP) is 12.5. The Labute approximate surface area is 347 Å². The van der Waals surface area contributed by atoms with Crippen LogP contribution >= 0.6 is 0 Å². The molecule has 0 amide bonds. The van der Waals surface area contributed by atoms with Gasteiger partial charge in [-0.25, -0.2) is 0 Å². The van der Waals surface area contributed by atoms with Crippen LogP contribution in [0.2, 0.25) is 0 Å². The van der Waals surface area contributed by atoms with Crippen molar-refractivity contribution in [3.8, 4) is 65.7 Å². The Hall–Kier alpha value is -6.40. The maximum atomic E-state index is 5.71. The van der Waals surface area contributed by atoms with Crippen LogP contribution in [-0.2, 0) is 7.05 Å². The zero-order valence-corrected chi connectivity index (χ0v) is 35.8. The summed E-state index contributed by atoms with van der Waals surface area (Å²) in [6, 6.07) is 55.0. The van der Waals surface area contributed by atoms with E-state index in [1.807, 2.05) is 60.1 Å². The summed E-state index contributed by atoms with van der Waals surface area (Å²) in [5.41, 5.74) is 14.3. The van der Waals surface area contributed by atoms with Gasteiger partial charge in [0.2, 0.25) is 11.8 Å². The molecule has 0 N–H and O–H groups in total. The molecule has 0 radical (unpaired) electrons. The van der Waals surface area contributed by atoms with E-state index >= 15 is 0 Å². The Morgan fingerprint density at radius 2 is 0.586 bits per heavy atom. The van der Waals surface area contributed by atoms with E-state index in [0.29, 0.717) is 26.3 Å². The van der Waals surface area contributed by atoms with Crippen LogP contribution in [0.3, 0.4) is 0 Å². The van der Waals surface area contributed by atoms with E-state index in [-0.39, 0.29) is 0 Å². The zero-order valence-electron chi connectivity index (χ0n) is 34.1. The number of hydrogen-bond acceptors (Lipinski definition) is 5. The Morgan fingerprint density at radius 3 is 0.879 bits per heavy atom. The quantitative estimate of drug-likeness (QED) is 0.156. The Bertz CT molecular complexity index is 2380. The molecular weight excluding hydrogens is 778 g/mol. The first kappa shape index (κ1) is 39.8. The van der Waals surface area contributed by atoms with Gasteiger partial charge >= 0.3 is 120 Å². The molecule has 288 valence electrons. The molecule has 3 heterocycles. The summed E-state index contributed by atoms with van der Waals surface area (Å²) in [6.45, 7) is 12.5. The third kappa shape index (κ3) is 9.93. The van der Waals surface area contributed by atoms with Crippen molar-refractivity contribution in [2.75, 3.05) is 0 Å². The van der Waals surface area contributed by atoms with E-state index in [9.17, 15) is 0 Å². The molecule has 3 aromatic heterocycles. The molecule has 6 nitrogen and oxygen atoms in total. The second kappa shape index (κ2) is 18.2. The second-order valence-electron chi connectivity index (χ2n) is 14.7. The van der Waals surface area contributed by atoms with E-state index in [1.165, 1.54) is 53.4 Å². The molecule has 9 rings (SSSR count). The van der Waals surface area contributed by atoms with Crippen LogP contribution in [0.15, 0.2) is 162 Å². The van der Waals surface area contributed by atoms with Crippen molar-refractivity contribution >= 4 is 14.5 Å². The summed E-state index contributed by atoms with van der Waals surface area (Å²) >= 11 is 0.421. The van der Waals surface area contributed by atoms with Gasteiger partial charge in [0.05, 0.1) is 0 Å². The van der Waals surface area contributed by atoms with Gasteiger partial charge in [0.25, 0.3) is 0 Å². The van der Waals surface area contributed by atoms with Gasteiger partial charge in [-0.1, -0.05) is 95.1 Å². The molecular formula is C51H47N5OSe. The Kier molecular flexibility index (Phi) is 12.5. The molecule has 0 aliphatic rings. The molecule has 6 aromatic carbocycles. The first-order valence-electron chi connectivity index (χ1n) is 19.3. The first-order chi connectivity index (χ1) is 28.1. The topological polar surface area (TPSA) is 69.6 Å². The van der Waals surface area contributed by atoms with Crippen molar-refractivity contribution in [1.82, 2.24) is 25.0 Å². The summed E-state index contributed by atoms with van der Waals surface area (Å²) in [4.78, 5) is 0. The summed E-state index contributed by atoms with van der Waals surface area (Å²) in [5.74, 6) is 2.88. The van der Waals surface area contributed by atoms with Crippen LogP contribution < -0.4 is 0 Å². The number of nitrogens with zero attached hydrogens (tertiary/aromatic N) is 5. The van der Waals surface area contributed by atoms with Crippen molar-refractivity contribution in [3.63, 3.8) is 0 Å². The number of hydrogen-bond donors (Lipinski definition) is 0. The molecule has 0 saturated heterocycles. The van der Waals surface area contributed by atoms with Gasteiger partial charge < -0.3 is 8.98 Å². The molecule has 0 saturated carbocycles. The number of benzene rings is 6. The first-order valence-corrected chi connectivity index (χ1v) is 21.1. The van der Waals surface area contributed by atoms with E-state index in [4.69, 9.17) is 4.42 Å². The molecule has 58 heavy (non-hydrogen) atoms. The van der Waals surface area contributed by atoms with Gasteiger partial charge in [-0.2, -0.15) is 0 Å². The van der Waals surface area contributed by atoms with Crippen LogP contribution in [0.5, 0.6) is 0 Å². The maximum Gasteiger partial charge on any atom is 0.248 e. The summed E-state index contributed by atoms with van der Waals surface area (Å²) in [5, 5.41) is 16.9. The molecule has 0 bridgehead atoms. The predicted molar refractivity (Wildman–Crippen MR) is 240 cm³/mol. The number of rotatable bonds is 6. The van der Waals surface area contributed by atoms with Gasteiger partial charge in [0.1, 0.15) is 0 Å². The van der Waals surface area contributed by atoms with Crippen LogP contribution in [0.1, 0.15) is 33.4 Å². The standard InChI is InChI=1S/C18H16Se.C17H17N3.C16H14N2O/c1-13-3-7-15(8-4-13)17-11-12-18(19-17)16-9-5-14(2)6-10-16;1-12-4-8-14(9-5-12)16-18-19-17(20(16)3)15-10-6-13(2)7-11-15;1-11-3-7-13(8-4-11)15-17-18-16(19-15)14-9-5-12(2)6-10-14/h3-12H,1-2H3;4-11H,1-3H3;3-10H,1-2H3. The van der Waals surface area contributed by atoms with Crippen LogP contribution in [0.4, 0.5) is 0 Å². The van der Waals surface area contributed by atoms with Crippen molar-refractivity contribution in [2.45, 2.75) is 41.5 Å². The molecule has 0 aliphatic heterocycles. The van der Waals surface area contributed by atoms with E-state index < -0.39 is 0 Å². The van der Waals surface area contributed by atoms with E-state index in [1.54, 1.807) is 0 Å². The van der Waals surface area contributed by atoms with E-state index in [2.05, 4.69) is 171 Å². The number of aromatic nitrogens is 5. The van der Waals surface area contributed by atoms with Gasteiger partial charge in [-0.15, -0.1) is 20.4 Å². The third-order valence-corrected chi connectivity index (χ3v) is 12.3. The molecule has 0 fully saturated rings. The molecule has 9 aromatic rings. The fraction of sp³-hybridized carbons (Fsp3) is 0.137. The molecule has 0 spiro atoms. The van der Waals surface area contributed by atoms with Crippen molar-refractivity contribution in [2.24, 2.45) is 7.05 Å². The summed E-state index contributed by atoms with van der Waals surface area (Å²) < 4.78 is 10.7.